The van der Waals surface area contributed by atoms with Crippen molar-refractivity contribution < 1.29 is 18.0 Å². The van der Waals surface area contributed by atoms with Crippen LogP contribution in [0.5, 0.6) is 0 Å². The van der Waals surface area contributed by atoms with Crippen molar-refractivity contribution in [2.24, 2.45) is 0 Å². The Morgan fingerprint density at radius 3 is 2.75 bits per heavy atom. The van der Waals surface area contributed by atoms with Crippen LogP contribution in [0.1, 0.15) is 19.0 Å². The highest BCUT2D eigenvalue weighted by Crippen LogP contribution is 2.30. The smallest absolute Gasteiger partial charge is 0.354 e. The van der Waals surface area contributed by atoms with Crippen molar-refractivity contribution in [2.45, 2.75) is 25.6 Å². The molecule has 0 aliphatic carbocycles. The maximum Gasteiger partial charge on any atom is 0.433 e. The molecule has 0 saturated carbocycles. The number of amides is 1. The first-order valence-corrected chi connectivity index (χ1v) is 6.16. The third kappa shape index (κ3) is 3.00. The van der Waals surface area contributed by atoms with Gasteiger partial charge in [-0.25, -0.2) is 9.97 Å². The van der Waals surface area contributed by atoms with Gasteiger partial charge >= 0.3 is 6.18 Å². The van der Waals surface area contributed by atoms with Crippen molar-refractivity contribution in [3.05, 3.63) is 18.1 Å². The van der Waals surface area contributed by atoms with Gasteiger partial charge in [-0.2, -0.15) is 13.2 Å². The molecule has 0 N–H and O–H groups in total. The van der Waals surface area contributed by atoms with Gasteiger partial charge in [-0.3, -0.25) is 4.79 Å². The van der Waals surface area contributed by atoms with Crippen molar-refractivity contribution >= 4 is 11.7 Å². The van der Waals surface area contributed by atoms with Gasteiger partial charge in [0.05, 0.1) is 6.04 Å². The number of carbonyl (C=O) groups is 1. The van der Waals surface area contributed by atoms with Crippen LogP contribution in [0, 0.1) is 0 Å². The monoisotopic (exact) mass is 288 g/mol. The zero-order valence-corrected chi connectivity index (χ0v) is 11.2. The van der Waals surface area contributed by atoms with Crippen molar-refractivity contribution in [1.29, 1.82) is 0 Å². The third-order valence-electron chi connectivity index (χ3n) is 3.47. The first-order chi connectivity index (χ1) is 9.29. The van der Waals surface area contributed by atoms with Crippen LogP contribution in [0.4, 0.5) is 19.0 Å². The van der Waals surface area contributed by atoms with Crippen molar-refractivity contribution in [3.8, 4) is 0 Å². The Hall–Kier alpha value is -1.86. The van der Waals surface area contributed by atoms with Crippen LogP contribution >= 0.6 is 0 Å². The van der Waals surface area contributed by atoms with Crippen molar-refractivity contribution in [1.82, 2.24) is 14.9 Å². The van der Waals surface area contributed by atoms with E-state index < -0.39 is 11.9 Å². The number of rotatable bonds is 2. The summed E-state index contributed by atoms with van der Waals surface area (Å²) in [4.78, 5) is 21.8. The summed E-state index contributed by atoms with van der Waals surface area (Å²) < 4.78 is 37.8. The van der Waals surface area contributed by atoms with E-state index in [1.54, 1.807) is 16.8 Å². The molecule has 1 aromatic rings. The molecule has 1 fully saturated rings. The lowest BCUT2D eigenvalue weighted by Crippen LogP contribution is -2.37. The molecule has 1 aliphatic rings. The molecule has 0 bridgehead atoms. The number of hydrogen-bond acceptors (Lipinski definition) is 4. The Labute approximate surface area is 114 Å². The molecule has 2 rings (SSSR count). The Morgan fingerprint density at radius 2 is 2.15 bits per heavy atom. The van der Waals surface area contributed by atoms with E-state index in [1.807, 2.05) is 0 Å². The number of halogens is 3. The average Bonchev–Trinajstić information content (AvgIpc) is 2.86. The van der Waals surface area contributed by atoms with E-state index in [1.165, 1.54) is 6.92 Å². The molecule has 110 valence electrons. The second kappa shape index (κ2) is 5.26. The molecule has 0 radical (unpaired) electrons. The number of aromatic nitrogens is 2. The fraction of sp³-hybridized carbons (Fsp3) is 0.583. The van der Waals surface area contributed by atoms with Gasteiger partial charge in [-0.1, -0.05) is 0 Å². The van der Waals surface area contributed by atoms with Crippen LogP contribution in [-0.4, -0.2) is 47.0 Å². The zero-order valence-electron chi connectivity index (χ0n) is 11.2. The Balaban J connectivity index is 2.13. The molecular formula is C12H15F3N4O. The van der Waals surface area contributed by atoms with E-state index in [0.29, 0.717) is 19.5 Å². The quantitative estimate of drug-likeness (QED) is 0.828. The highest BCUT2D eigenvalue weighted by molar-refractivity contribution is 5.73. The van der Waals surface area contributed by atoms with Gasteiger partial charge in [0, 0.05) is 33.1 Å². The van der Waals surface area contributed by atoms with E-state index in [-0.39, 0.29) is 17.8 Å². The topological polar surface area (TPSA) is 49.3 Å². The molecule has 0 aromatic carbocycles. The van der Waals surface area contributed by atoms with Gasteiger partial charge in [0.25, 0.3) is 0 Å². The van der Waals surface area contributed by atoms with Gasteiger partial charge in [-0.05, 0) is 6.42 Å². The largest absolute Gasteiger partial charge is 0.433 e. The summed E-state index contributed by atoms with van der Waals surface area (Å²) in [5.74, 6) is 0.183. The normalized spacial score (nSPS) is 19.2. The zero-order chi connectivity index (χ0) is 14.9. The maximum atomic E-state index is 12.6. The number of alkyl halides is 3. The SMILES string of the molecule is CC(=O)N(C)C1CCN(c2cc(C(F)(F)F)ncn2)C1. The van der Waals surface area contributed by atoms with E-state index in [2.05, 4.69) is 9.97 Å². The summed E-state index contributed by atoms with van der Waals surface area (Å²) in [6, 6.07) is 0.938. The molecule has 2 heterocycles. The molecule has 1 atom stereocenters. The Morgan fingerprint density at radius 1 is 1.45 bits per heavy atom. The van der Waals surface area contributed by atoms with E-state index in [4.69, 9.17) is 0 Å². The molecule has 1 aliphatic heterocycles. The number of anilines is 1. The van der Waals surface area contributed by atoms with Crippen LogP contribution in [0.2, 0.25) is 0 Å². The first-order valence-electron chi connectivity index (χ1n) is 6.16. The highest BCUT2D eigenvalue weighted by Gasteiger charge is 2.34. The van der Waals surface area contributed by atoms with Crippen molar-refractivity contribution in [3.63, 3.8) is 0 Å². The number of carbonyl (C=O) groups excluding carboxylic acids is 1. The predicted octanol–water partition coefficient (Wildman–Crippen LogP) is 1.55. The lowest BCUT2D eigenvalue weighted by molar-refractivity contribution is -0.141. The van der Waals surface area contributed by atoms with Gasteiger partial charge in [-0.15, -0.1) is 0 Å². The molecule has 20 heavy (non-hydrogen) atoms. The highest BCUT2D eigenvalue weighted by atomic mass is 19.4. The molecule has 5 nitrogen and oxygen atoms in total. The summed E-state index contributed by atoms with van der Waals surface area (Å²) in [6.45, 7) is 2.51. The Kier molecular flexibility index (Phi) is 3.82. The minimum atomic E-state index is -4.48. The average molecular weight is 288 g/mol. The molecule has 1 saturated heterocycles. The van der Waals surface area contributed by atoms with Gasteiger partial charge in [0.2, 0.25) is 5.91 Å². The minimum absolute atomic E-state index is 0.00296. The van der Waals surface area contributed by atoms with E-state index in [9.17, 15) is 18.0 Å². The van der Waals surface area contributed by atoms with Gasteiger partial charge in [0.15, 0.2) is 0 Å². The summed E-state index contributed by atoms with van der Waals surface area (Å²) in [6.07, 6.45) is -2.85. The summed E-state index contributed by atoms with van der Waals surface area (Å²) >= 11 is 0. The van der Waals surface area contributed by atoms with Crippen LogP contribution in [0.15, 0.2) is 12.4 Å². The second-order valence-electron chi connectivity index (χ2n) is 4.78. The van der Waals surface area contributed by atoms with Crippen LogP contribution in [-0.2, 0) is 11.0 Å². The minimum Gasteiger partial charge on any atom is -0.354 e. The van der Waals surface area contributed by atoms with E-state index in [0.717, 1.165) is 12.4 Å². The maximum absolute atomic E-state index is 12.6. The number of likely N-dealkylation sites (N-methyl/N-ethyl adjacent to an activating group) is 1. The standard InChI is InChI=1S/C12H15F3N4O/c1-8(20)18(2)9-3-4-19(6-9)11-5-10(12(13,14)15)16-7-17-11/h5,7,9H,3-4,6H2,1-2H3. The summed E-state index contributed by atoms with van der Waals surface area (Å²) in [7, 11) is 1.69. The summed E-state index contributed by atoms with van der Waals surface area (Å²) in [5.41, 5.74) is -0.953. The molecule has 1 unspecified atom stereocenters. The number of hydrogen-bond donors (Lipinski definition) is 0. The lowest BCUT2D eigenvalue weighted by atomic mass is 10.2. The summed E-state index contributed by atoms with van der Waals surface area (Å²) in [5, 5.41) is 0. The molecular weight excluding hydrogens is 273 g/mol. The van der Waals surface area contributed by atoms with Crippen LogP contribution in [0.25, 0.3) is 0 Å². The Bertz CT molecular complexity index is 506. The molecule has 1 amide bonds. The predicted molar refractivity (Wildman–Crippen MR) is 66.1 cm³/mol. The van der Waals surface area contributed by atoms with Gasteiger partial charge in [0.1, 0.15) is 17.8 Å². The third-order valence-corrected chi connectivity index (χ3v) is 3.47. The van der Waals surface area contributed by atoms with Crippen LogP contribution in [0.3, 0.4) is 0 Å². The van der Waals surface area contributed by atoms with Crippen LogP contribution < -0.4 is 4.90 Å². The number of nitrogens with zero attached hydrogens (tertiary/aromatic N) is 4. The molecule has 8 heteroatoms. The lowest BCUT2D eigenvalue weighted by Gasteiger charge is -2.24. The van der Waals surface area contributed by atoms with Gasteiger partial charge < -0.3 is 9.80 Å². The fourth-order valence-electron chi connectivity index (χ4n) is 2.20. The van der Waals surface area contributed by atoms with E-state index >= 15 is 0 Å². The fourth-order valence-corrected chi connectivity index (χ4v) is 2.20. The molecule has 1 aromatic heterocycles. The first kappa shape index (κ1) is 14.5. The second-order valence-corrected chi connectivity index (χ2v) is 4.78. The van der Waals surface area contributed by atoms with Crippen molar-refractivity contribution in [2.75, 3.05) is 25.0 Å². The molecule has 0 spiro atoms.